The number of rotatable bonds is 2. The fourth-order valence-electron chi connectivity index (χ4n) is 4.73. The van der Waals surface area contributed by atoms with Gasteiger partial charge < -0.3 is 5.32 Å². The summed E-state index contributed by atoms with van der Waals surface area (Å²) in [5.74, 6) is 3.34. The van der Waals surface area contributed by atoms with Gasteiger partial charge in [-0.25, -0.2) is 0 Å². The molecule has 0 spiro atoms. The topological polar surface area (TPSA) is 52.9 Å². The summed E-state index contributed by atoms with van der Waals surface area (Å²) in [6.07, 6.45) is 6.73. The van der Waals surface area contributed by atoms with Crippen LogP contribution >= 0.6 is 0 Å². The monoisotopic (exact) mass is 230 g/mol. The molecule has 4 aliphatic rings. The quantitative estimate of drug-likeness (QED) is 0.787. The van der Waals surface area contributed by atoms with Crippen LogP contribution in [0.3, 0.4) is 0 Å². The van der Waals surface area contributed by atoms with Crippen LogP contribution in [0.5, 0.6) is 0 Å². The Kier molecular flexibility index (Phi) is 1.78. The minimum absolute atomic E-state index is 0.0325. The highest BCUT2D eigenvalue weighted by atomic mass is 16.2. The van der Waals surface area contributed by atoms with Crippen LogP contribution in [0.1, 0.15) is 38.5 Å². The number of nitriles is 1. The lowest BCUT2D eigenvalue weighted by molar-refractivity contribution is -0.132. The van der Waals surface area contributed by atoms with Gasteiger partial charge >= 0.3 is 0 Å². The van der Waals surface area contributed by atoms with E-state index < -0.39 is 5.41 Å². The second-order valence-corrected chi connectivity index (χ2v) is 6.53. The molecule has 4 saturated carbocycles. The molecule has 90 valence electrons. The Labute approximate surface area is 102 Å². The summed E-state index contributed by atoms with van der Waals surface area (Å²) in [6.45, 7) is 0. The van der Waals surface area contributed by atoms with E-state index in [9.17, 15) is 4.79 Å². The molecule has 1 amide bonds. The lowest BCUT2D eigenvalue weighted by atomic mass is 9.69. The molecule has 0 aromatic heterocycles. The number of carbonyl (C=O) groups excluding carboxylic acids is 1. The number of nitrogens with one attached hydrogen (secondary N) is 1. The number of hydrogen-bond donors (Lipinski definition) is 1. The standard InChI is InChI=1S/C14H18N2O/c15-7-14(4-1-5-14)13(17)16-12-10-8-2-3-9(6-8)11(10)12/h8-12H,1-6H2,(H,16,17). The highest BCUT2D eigenvalue weighted by Gasteiger charge is 2.66. The molecule has 4 fully saturated rings. The fourth-order valence-corrected chi connectivity index (χ4v) is 4.73. The molecule has 17 heavy (non-hydrogen) atoms. The van der Waals surface area contributed by atoms with Crippen molar-refractivity contribution in [2.45, 2.75) is 44.6 Å². The van der Waals surface area contributed by atoms with Crippen molar-refractivity contribution in [2.75, 3.05) is 0 Å². The van der Waals surface area contributed by atoms with Crippen molar-refractivity contribution in [3.63, 3.8) is 0 Å². The Morgan fingerprint density at radius 1 is 1.24 bits per heavy atom. The highest BCUT2D eigenvalue weighted by Crippen LogP contribution is 2.65. The molecule has 2 bridgehead atoms. The van der Waals surface area contributed by atoms with E-state index in [2.05, 4.69) is 11.4 Å². The van der Waals surface area contributed by atoms with Crippen molar-refractivity contribution in [1.82, 2.24) is 5.32 Å². The Morgan fingerprint density at radius 2 is 1.88 bits per heavy atom. The Hall–Kier alpha value is -1.04. The maximum Gasteiger partial charge on any atom is 0.240 e. The van der Waals surface area contributed by atoms with Gasteiger partial charge in [0, 0.05) is 6.04 Å². The molecular weight excluding hydrogens is 212 g/mol. The van der Waals surface area contributed by atoms with Crippen LogP contribution in [-0.4, -0.2) is 11.9 Å². The first kappa shape index (κ1) is 9.94. The first-order chi connectivity index (χ1) is 8.25. The van der Waals surface area contributed by atoms with Crippen molar-refractivity contribution in [2.24, 2.45) is 29.1 Å². The lowest BCUT2D eigenvalue weighted by Crippen LogP contribution is -2.46. The van der Waals surface area contributed by atoms with Crippen LogP contribution < -0.4 is 5.32 Å². The van der Waals surface area contributed by atoms with E-state index in [1.807, 2.05) is 0 Å². The molecule has 3 nitrogen and oxygen atoms in total. The number of nitrogens with zero attached hydrogens (tertiary/aromatic N) is 1. The summed E-state index contributed by atoms with van der Waals surface area (Å²) in [4.78, 5) is 12.2. The van der Waals surface area contributed by atoms with Gasteiger partial charge in [0.25, 0.3) is 0 Å². The first-order valence-electron chi connectivity index (χ1n) is 6.97. The number of amides is 1. The summed E-state index contributed by atoms with van der Waals surface area (Å²) in [6, 6.07) is 2.67. The van der Waals surface area contributed by atoms with Crippen molar-refractivity contribution < 1.29 is 4.79 Å². The maximum absolute atomic E-state index is 12.2. The Bertz CT molecular complexity index is 404. The summed E-state index contributed by atoms with van der Waals surface area (Å²) in [5, 5.41) is 12.3. The molecule has 1 N–H and O–H groups in total. The minimum atomic E-state index is -0.657. The van der Waals surface area contributed by atoms with Gasteiger partial charge in [0.1, 0.15) is 5.41 Å². The van der Waals surface area contributed by atoms with Crippen molar-refractivity contribution in [1.29, 1.82) is 5.26 Å². The normalized spacial score (nSPS) is 47.8. The van der Waals surface area contributed by atoms with Gasteiger partial charge in [-0.15, -0.1) is 0 Å². The second kappa shape index (κ2) is 3.04. The molecule has 4 unspecified atom stereocenters. The van der Waals surface area contributed by atoms with Crippen LogP contribution in [0, 0.1) is 40.4 Å². The van der Waals surface area contributed by atoms with Crippen LogP contribution in [0.2, 0.25) is 0 Å². The molecule has 0 aromatic carbocycles. The van der Waals surface area contributed by atoms with Gasteiger partial charge in [-0.05, 0) is 62.2 Å². The van der Waals surface area contributed by atoms with E-state index in [4.69, 9.17) is 5.26 Å². The maximum atomic E-state index is 12.2. The van der Waals surface area contributed by atoms with E-state index >= 15 is 0 Å². The predicted molar refractivity (Wildman–Crippen MR) is 61.6 cm³/mol. The molecule has 4 aliphatic carbocycles. The van der Waals surface area contributed by atoms with Gasteiger partial charge in [0.15, 0.2) is 0 Å². The smallest absolute Gasteiger partial charge is 0.240 e. The third-order valence-corrected chi connectivity index (χ3v) is 5.89. The number of carbonyl (C=O) groups is 1. The average molecular weight is 230 g/mol. The largest absolute Gasteiger partial charge is 0.351 e. The fraction of sp³-hybridized carbons (Fsp3) is 0.857. The van der Waals surface area contributed by atoms with Crippen LogP contribution in [0.15, 0.2) is 0 Å². The van der Waals surface area contributed by atoms with Gasteiger partial charge in [-0.2, -0.15) is 5.26 Å². The molecule has 0 saturated heterocycles. The summed E-state index contributed by atoms with van der Waals surface area (Å²) in [5.41, 5.74) is -0.657. The van der Waals surface area contributed by atoms with Crippen LogP contribution in [-0.2, 0) is 4.79 Å². The molecule has 0 aliphatic heterocycles. The summed E-state index contributed by atoms with van der Waals surface area (Å²) in [7, 11) is 0. The highest BCUT2D eigenvalue weighted by molar-refractivity contribution is 5.87. The molecule has 3 heteroatoms. The predicted octanol–water partition coefficient (Wildman–Crippen LogP) is 1.84. The SMILES string of the molecule is N#CC1(C(=O)NC2C3C4CCC(C4)C23)CCC1. The van der Waals surface area contributed by atoms with Gasteiger partial charge in [-0.3, -0.25) is 4.79 Å². The number of fused-ring (bicyclic) bond motifs is 5. The van der Waals surface area contributed by atoms with Crippen LogP contribution in [0.25, 0.3) is 0 Å². The van der Waals surface area contributed by atoms with Crippen LogP contribution in [0.4, 0.5) is 0 Å². The molecule has 0 aromatic rings. The zero-order valence-electron chi connectivity index (χ0n) is 9.98. The van der Waals surface area contributed by atoms with Gasteiger partial charge in [0.2, 0.25) is 5.91 Å². The third-order valence-electron chi connectivity index (χ3n) is 5.89. The molecule has 0 radical (unpaired) electrons. The van der Waals surface area contributed by atoms with Crippen molar-refractivity contribution in [3.05, 3.63) is 0 Å². The second-order valence-electron chi connectivity index (χ2n) is 6.53. The van der Waals surface area contributed by atoms with E-state index in [0.29, 0.717) is 6.04 Å². The van der Waals surface area contributed by atoms with E-state index in [-0.39, 0.29) is 5.91 Å². The van der Waals surface area contributed by atoms with Crippen molar-refractivity contribution in [3.8, 4) is 6.07 Å². The Morgan fingerprint density at radius 3 is 2.35 bits per heavy atom. The zero-order chi connectivity index (χ0) is 11.6. The Balaban J connectivity index is 1.44. The summed E-state index contributed by atoms with van der Waals surface area (Å²) < 4.78 is 0. The van der Waals surface area contributed by atoms with E-state index in [0.717, 1.165) is 42.9 Å². The van der Waals surface area contributed by atoms with E-state index in [1.54, 1.807) is 0 Å². The average Bonchev–Trinajstić information content (AvgIpc) is 2.69. The zero-order valence-corrected chi connectivity index (χ0v) is 9.98. The van der Waals surface area contributed by atoms with Gasteiger partial charge in [-0.1, -0.05) is 0 Å². The lowest BCUT2D eigenvalue weighted by Gasteiger charge is -2.33. The number of hydrogen-bond acceptors (Lipinski definition) is 2. The first-order valence-corrected chi connectivity index (χ1v) is 6.97. The molecular formula is C14H18N2O. The molecule has 4 atom stereocenters. The minimum Gasteiger partial charge on any atom is -0.351 e. The molecule has 0 heterocycles. The van der Waals surface area contributed by atoms with Gasteiger partial charge in [0.05, 0.1) is 6.07 Å². The summed E-state index contributed by atoms with van der Waals surface area (Å²) >= 11 is 0. The van der Waals surface area contributed by atoms with Crippen molar-refractivity contribution >= 4 is 5.91 Å². The third kappa shape index (κ3) is 1.14. The molecule has 4 rings (SSSR count). The van der Waals surface area contributed by atoms with E-state index in [1.165, 1.54) is 19.3 Å².